The fourth-order valence-corrected chi connectivity index (χ4v) is 7.14. The third-order valence-electron chi connectivity index (χ3n) is 6.17. The molecular formula is C23H23FN4O3S2. The highest BCUT2D eigenvalue weighted by Crippen LogP contribution is 2.38. The van der Waals surface area contributed by atoms with Gasteiger partial charge in [0.25, 0.3) is 5.91 Å². The van der Waals surface area contributed by atoms with E-state index < -0.39 is 27.8 Å². The molecule has 2 aromatic carbocycles. The Hall–Kier alpha value is -2.69. The number of carbonyl (C=O) groups is 1. The molecule has 1 amide bonds. The predicted octanol–water partition coefficient (Wildman–Crippen LogP) is 4.33. The number of aryl methyl sites for hydroxylation is 2. The van der Waals surface area contributed by atoms with Gasteiger partial charge in [0.2, 0.25) is 15.0 Å². The zero-order chi connectivity index (χ0) is 23.0. The molecule has 2 heterocycles. The second-order valence-corrected chi connectivity index (χ2v) is 11.2. The number of sulfonamides is 1. The van der Waals surface area contributed by atoms with Crippen molar-refractivity contribution in [3.05, 3.63) is 69.4 Å². The lowest BCUT2D eigenvalue weighted by Gasteiger charge is -2.23. The summed E-state index contributed by atoms with van der Waals surface area (Å²) in [5, 5.41) is 11.1. The number of halogens is 1. The van der Waals surface area contributed by atoms with Gasteiger partial charge in [0.15, 0.2) is 0 Å². The highest BCUT2D eigenvalue weighted by atomic mass is 32.2. The van der Waals surface area contributed by atoms with Crippen molar-refractivity contribution in [1.29, 1.82) is 0 Å². The van der Waals surface area contributed by atoms with Crippen molar-refractivity contribution in [3.63, 3.8) is 0 Å². The van der Waals surface area contributed by atoms with Crippen LogP contribution in [0.15, 0.2) is 47.4 Å². The number of nitrogens with zero attached hydrogens (tertiary/aromatic N) is 3. The summed E-state index contributed by atoms with van der Waals surface area (Å²) in [7, 11) is -3.71. The van der Waals surface area contributed by atoms with Crippen molar-refractivity contribution in [2.24, 2.45) is 0 Å². The average Bonchev–Trinajstić information content (AvgIpc) is 3.50. The molecule has 5 rings (SSSR count). The van der Waals surface area contributed by atoms with Gasteiger partial charge in [-0.05, 0) is 73.9 Å². The van der Waals surface area contributed by atoms with Crippen LogP contribution in [0.1, 0.15) is 57.7 Å². The van der Waals surface area contributed by atoms with E-state index in [0.717, 1.165) is 42.6 Å². The highest BCUT2D eigenvalue weighted by molar-refractivity contribution is 7.89. The van der Waals surface area contributed by atoms with Crippen LogP contribution in [0.25, 0.3) is 0 Å². The van der Waals surface area contributed by atoms with Gasteiger partial charge in [0.05, 0.1) is 16.6 Å². The SMILES string of the molecule is O=C(Nc1ccccc1F)c1nnc([C@@H]2CCCN2S(=O)(=O)c2ccc3c(c2)CCCC3)s1. The lowest BCUT2D eigenvalue weighted by molar-refractivity contribution is 0.102. The molecule has 1 N–H and O–H groups in total. The zero-order valence-electron chi connectivity index (χ0n) is 17.8. The Balaban J connectivity index is 1.37. The van der Waals surface area contributed by atoms with Gasteiger partial charge in [0, 0.05) is 6.54 Å². The molecule has 0 saturated carbocycles. The molecule has 1 atom stereocenters. The third kappa shape index (κ3) is 4.30. The predicted molar refractivity (Wildman–Crippen MR) is 123 cm³/mol. The van der Waals surface area contributed by atoms with Crippen LogP contribution in [0.2, 0.25) is 0 Å². The maximum atomic E-state index is 13.8. The third-order valence-corrected chi connectivity index (χ3v) is 9.10. The van der Waals surface area contributed by atoms with Crippen molar-refractivity contribution < 1.29 is 17.6 Å². The number of hydrogen-bond acceptors (Lipinski definition) is 6. The minimum Gasteiger partial charge on any atom is -0.317 e. The Morgan fingerprint density at radius 1 is 1.06 bits per heavy atom. The number of aromatic nitrogens is 2. The molecule has 2 aliphatic rings. The van der Waals surface area contributed by atoms with Crippen LogP contribution in [0.5, 0.6) is 0 Å². The first-order valence-corrected chi connectivity index (χ1v) is 13.2. The van der Waals surface area contributed by atoms with Crippen molar-refractivity contribution in [2.75, 3.05) is 11.9 Å². The number of hydrogen-bond donors (Lipinski definition) is 1. The topological polar surface area (TPSA) is 92.3 Å². The molecule has 1 aromatic heterocycles. The van der Waals surface area contributed by atoms with Gasteiger partial charge in [-0.3, -0.25) is 4.79 Å². The Morgan fingerprint density at radius 2 is 1.85 bits per heavy atom. The summed E-state index contributed by atoms with van der Waals surface area (Å²) in [6, 6.07) is 10.8. The molecular weight excluding hydrogens is 463 g/mol. The maximum Gasteiger partial charge on any atom is 0.286 e. The Kier molecular flexibility index (Phi) is 5.98. The minimum atomic E-state index is -3.71. The minimum absolute atomic E-state index is 0.0525. The average molecular weight is 487 g/mol. The van der Waals surface area contributed by atoms with Gasteiger partial charge in [0.1, 0.15) is 10.8 Å². The molecule has 33 heavy (non-hydrogen) atoms. The lowest BCUT2D eigenvalue weighted by atomic mass is 9.92. The maximum absolute atomic E-state index is 13.8. The number of carbonyl (C=O) groups excluding carboxylic acids is 1. The van der Waals surface area contributed by atoms with Gasteiger partial charge >= 0.3 is 0 Å². The lowest BCUT2D eigenvalue weighted by Crippen LogP contribution is -2.30. The van der Waals surface area contributed by atoms with E-state index in [1.807, 2.05) is 12.1 Å². The fraction of sp³-hybridized carbons (Fsp3) is 0.348. The van der Waals surface area contributed by atoms with Gasteiger partial charge < -0.3 is 5.32 Å². The summed E-state index contributed by atoms with van der Waals surface area (Å²) >= 11 is 1.04. The molecule has 1 aliphatic heterocycles. The van der Waals surface area contributed by atoms with Crippen LogP contribution in [0.3, 0.4) is 0 Å². The summed E-state index contributed by atoms with van der Waals surface area (Å²) in [5.74, 6) is -1.13. The van der Waals surface area contributed by atoms with E-state index in [-0.39, 0.29) is 10.7 Å². The number of fused-ring (bicyclic) bond motifs is 1. The van der Waals surface area contributed by atoms with E-state index in [4.69, 9.17) is 0 Å². The van der Waals surface area contributed by atoms with Crippen molar-refractivity contribution in [3.8, 4) is 0 Å². The van der Waals surface area contributed by atoms with Crippen LogP contribution in [0, 0.1) is 5.82 Å². The Bertz CT molecular complexity index is 1310. The van der Waals surface area contributed by atoms with Crippen LogP contribution in [-0.4, -0.2) is 35.4 Å². The number of anilines is 1. The molecule has 3 aromatic rings. The second-order valence-electron chi connectivity index (χ2n) is 8.29. The number of benzene rings is 2. The molecule has 0 bridgehead atoms. The first kappa shape index (κ1) is 22.1. The summed E-state index contributed by atoms with van der Waals surface area (Å²) in [4.78, 5) is 12.8. The van der Waals surface area contributed by atoms with E-state index in [2.05, 4.69) is 15.5 Å². The summed E-state index contributed by atoms with van der Waals surface area (Å²) in [5.41, 5.74) is 2.39. The Morgan fingerprint density at radius 3 is 2.67 bits per heavy atom. The van der Waals surface area contributed by atoms with E-state index in [1.165, 1.54) is 28.1 Å². The molecule has 1 fully saturated rings. The number of nitrogens with one attached hydrogen (secondary N) is 1. The standard InChI is InChI=1S/C23H23FN4O3S2/c24-18-8-3-4-9-19(18)25-21(29)23-27-26-22(32-23)20-10-5-13-28(20)33(30,31)17-12-11-15-6-1-2-7-16(15)14-17/h3-4,8-9,11-12,14,20H,1-2,5-7,10,13H2,(H,25,29)/t20-/m0/s1. The molecule has 1 saturated heterocycles. The largest absolute Gasteiger partial charge is 0.317 e. The molecule has 1 aliphatic carbocycles. The summed E-state index contributed by atoms with van der Waals surface area (Å²) < 4.78 is 42.3. The molecule has 0 spiro atoms. The van der Waals surface area contributed by atoms with Crippen molar-refractivity contribution in [1.82, 2.24) is 14.5 Å². The van der Waals surface area contributed by atoms with Crippen LogP contribution < -0.4 is 5.32 Å². The first-order valence-electron chi connectivity index (χ1n) is 11.0. The normalized spacial score (nSPS) is 18.8. The monoisotopic (exact) mass is 486 g/mol. The summed E-state index contributed by atoms with van der Waals surface area (Å²) in [6.45, 7) is 0.389. The van der Waals surface area contributed by atoms with E-state index in [9.17, 15) is 17.6 Å². The summed E-state index contributed by atoms with van der Waals surface area (Å²) in [6.07, 6.45) is 5.41. The number of rotatable bonds is 5. The molecule has 7 nitrogen and oxygen atoms in total. The second kappa shape index (κ2) is 8.92. The molecule has 10 heteroatoms. The van der Waals surface area contributed by atoms with E-state index in [1.54, 1.807) is 12.1 Å². The molecule has 0 unspecified atom stereocenters. The Labute approximate surface area is 195 Å². The molecule has 172 valence electrons. The fourth-order valence-electron chi connectivity index (χ4n) is 4.48. The van der Waals surface area contributed by atoms with Gasteiger partial charge in [-0.15, -0.1) is 10.2 Å². The first-order chi connectivity index (χ1) is 15.9. The number of amides is 1. The van der Waals surface area contributed by atoms with Crippen LogP contribution in [-0.2, 0) is 22.9 Å². The van der Waals surface area contributed by atoms with Gasteiger partial charge in [-0.1, -0.05) is 29.5 Å². The van der Waals surface area contributed by atoms with Gasteiger partial charge in [-0.2, -0.15) is 4.31 Å². The smallest absolute Gasteiger partial charge is 0.286 e. The van der Waals surface area contributed by atoms with E-state index >= 15 is 0 Å². The van der Waals surface area contributed by atoms with Crippen LogP contribution in [0.4, 0.5) is 10.1 Å². The van der Waals surface area contributed by atoms with Crippen molar-refractivity contribution >= 4 is 33.0 Å². The molecule has 0 radical (unpaired) electrons. The number of para-hydroxylation sites is 1. The quantitative estimate of drug-likeness (QED) is 0.579. The van der Waals surface area contributed by atoms with E-state index in [0.29, 0.717) is 29.3 Å². The zero-order valence-corrected chi connectivity index (χ0v) is 19.5. The highest BCUT2D eigenvalue weighted by Gasteiger charge is 2.38. The van der Waals surface area contributed by atoms with Gasteiger partial charge in [-0.25, -0.2) is 12.8 Å². The van der Waals surface area contributed by atoms with Crippen molar-refractivity contribution in [2.45, 2.75) is 49.5 Å². The van der Waals surface area contributed by atoms with Crippen LogP contribution >= 0.6 is 11.3 Å².